The summed E-state index contributed by atoms with van der Waals surface area (Å²) in [6.07, 6.45) is -7.58. The van der Waals surface area contributed by atoms with Gasteiger partial charge in [-0.3, -0.25) is 14.6 Å². The van der Waals surface area contributed by atoms with Crippen molar-refractivity contribution in [2.45, 2.75) is 43.8 Å². The van der Waals surface area contributed by atoms with E-state index in [1.807, 2.05) is 0 Å². The van der Waals surface area contributed by atoms with Crippen molar-refractivity contribution >= 4 is 11.8 Å². The van der Waals surface area contributed by atoms with Gasteiger partial charge in [-0.2, -0.15) is 26.3 Å². The third-order valence-electron chi connectivity index (χ3n) is 6.75. The van der Waals surface area contributed by atoms with E-state index >= 15 is 0 Å². The Balaban J connectivity index is 1.67. The van der Waals surface area contributed by atoms with Gasteiger partial charge in [0.25, 0.3) is 11.8 Å². The van der Waals surface area contributed by atoms with Crippen LogP contribution in [-0.4, -0.2) is 45.5 Å². The van der Waals surface area contributed by atoms with Crippen molar-refractivity contribution in [2.24, 2.45) is 0 Å². The Hall–Kier alpha value is -4.29. The molecular formula is C28H25F6N3O4. The summed E-state index contributed by atoms with van der Waals surface area (Å²) in [5, 5.41) is 12.3. The van der Waals surface area contributed by atoms with Gasteiger partial charge in [-0.15, -0.1) is 0 Å². The smallest absolute Gasteiger partial charge is 0.417 e. The van der Waals surface area contributed by atoms with Crippen molar-refractivity contribution in [1.29, 1.82) is 0 Å². The number of phenols is 1. The van der Waals surface area contributed by atoms with E-state index < -0.39 is 59.0 Å². The lowest BCUT2D eigenvalue weighted by Gasteiger charge is -2.42. The molecule has 13 heteroatoms. The molecule has 0 saturated carbocycles. The number of aromatic nitrogens is 1. The predicted octanol–water partition coefficient (Wildman–Crippen LogP) is 5.76. The number of rotatable bonds is 6. The number of phenolic OH excluding ortho intramolecular Hbond substituents is 1. The summed E-state index contributed by atoms with van der Waals surface area (Å²) in [5.41, 5.74) is -4.08. The second-order valence-corrected chi connectivity index (χ2v) is 9.65. The molecule has 1 unspecified atom stereocenters. The molecule has 1 aromatic heterocycles. The summed E-state index contributed by atoms with van der Waals surface area (Å²) < 4.78 is 86.0. The number of alkyl halides is 6. The van der Waals surface area contributed by atoms with Crippen molar-refractivity contribution in [3.63, 3.8) is 0 Å². The van der Waals surface area contributed by atoms with Crippen LogP contribution in [0.2, 0.25) is 0 Å². The van der Waals surface area contributed by atoms with Crippen LogP contribution >= 0.6 is 0 Å². The molecule has 41 heavy (non-hydrogen) atoms. The Morgan fingerprint density at radius 3 is 2.27 bits per heavy atom. The standard InChI is InChI=1S/C28H25F6N3O4/c1-17(18-3-7-20(38)8-4-18)36-25(40)26(41-21-9-5-19(6-10-21)27(29,30)31)12-2-14-37(16-26)24(39)22-15-35-13-11-23(22)28(32,33)34/h3-11,13,15,17,38H,2,12,14,16H2,1H3,(H,36,40)/t17-,26?/m1/s1. The quantitative estimate of drug-likeness (QED) is 0.362. The zero-order valence-corrected chi connectivity index (χ0v) is 21.6. The number of piperidine rings is 1. The van der Waals surface area contributed by atoms with E-state index in [9.17, 15) is 41.0 Å². The molecule has 2 atom stereocenters. The number of halogens is 6. The normalized spacial score (nSPS) is 18.5. The number of aromatic hydroxyl groups is 1. The highest BCUT2D eigenvalue weighted by Gasteiger charge is 2.47. The van der Waals surface area contributed by atoms with Crippen molar-refractivity contribution in [3.8, 4) is 11.5 Å². The Morgan fingerprint density at radius 2 is 1.66 bits per heavy atom. The molecule has 0 spiro atoms. The maximum Gasteiger partial charge on any atom is 0.417 e. The van der Waals surface area contributed by atoms with E-state index in [1.165, 1.54) is 12.1 Å². The molecular weight excluding hydrogens is 556 g/mol. The van der Waals surface area contributed by atoms with Gasteiger partial charge in [-0.25, -0.2) is 0 Å². The fourth-order valence-electron chi connectivity index (χ4n) is 4.60. The van der Waals surface area contributed by atoms with Gasteiger partial charge < -0.3 is 20.1 Å². The predicted molar refractivity (Wildman–Crippen MR) is 134 cm³/mol. The lowest BCUT2D eigenvalue weighted by atomic mass is 9.90. The van der Waals surface area contributed by atoms with E-state index in [4.69, 9.17) is 4.74 Å². The van der Waals surface area contributed by atoms with Crippen LogP contribution < -0.4 is 10.1 Å². The average molecular weight is 582 g/mol. The molecule has 0 bridgehead atoms. The molecule has 0 aliphatic carbocycles. The summed E-state index contributed by atoms with van der Waals surface area (Å²) in [7, 11) is 0. The molecule has 0 radical (unpaired) electrons. The van der Waals surface area contributed by atoms with Crippen LogP contribution in [0.3, 0.4) is 0 Å². The van der Waals surface area contributed by atoms with Crippen molar-refractivity contribution in [2.75, 3.05) is 13.1 Å². The Labute approximate surface area is 230 Å². The molecule has 1 saturated heterocycles. The lowest BCUT2D eigenvalue weighted by Crippen LogP contribution is -2.61. The number of benzene rings is 2. The Morgan fingerprint density at radius 1 is 1.00 bits per heavy atom. The van der Waals surface area contributed by atoms with Crippen molar-refractivity contribution in [3.05, 3.63) is 89.2 Å². The third kappa shape index (κ3) is 6.72. The van der Waals surface area contributed by atoms with Crippen molar-refractivity contribution < 1.29 is 45.8 Å². The van der Waals surface area contributed by atoms with Crippen LogP contribution in [0.4, 0.5) is 26.3 Å². The van der Waals surface area contributed by atoms with Crippen LogP contribution in [0.15, 0.2) is 67.0 Å². The third-order valence-corrected chi connectivity index (χ3v) is 6.75. The molecule has 1 aliphatic heterocycles. The van der Waals surface area contributed by atoms with E-state index in [0.29, 0.717) is 11.6 Å². The van der Waals surface area contributed by atoms with Crippen molar-refractivity contribution in [1.82, 2.24) is 15.2 Å². The maximum absolute atomic E-state index is 13.7. The number of hydrogen-bond acceptors (Lipinski definition) is 5. The number of carbonyl (C=O) groups excluding carboxylic acids is 2. The molecule has 2 heterocycles. The summed E-state index contributed by atoms with van der Waals surface area (Å²) >= 11 is 0. The number of carbonyl (C=O) groups is 2. The number of amides is 2. The second kappa shape index (κ2) is 11.3. The minimum absolute atomic E-state index is 0.00391. The monoisotopic (exact) mass is 581 g/mol. The van der Waals surface area contributed by atoms with Gasteiger partial charge in [0.1, 0.15) is 11.5 Å². The van der Waals surface area contributed by atoms with Crippen LogP contribution in [0, 0.1) is 0 Å². The highest BCUT2D eigenvalue weighted by Crippen LogP contribution is 2.36. The van der Waals surface area contributed by atoms with Gasteiger partial charge in [0.15, 0.2) is 0 Å². The zero-order chi connectivity index (χ0) is 30.0. The minimum Gasteiger partial charge on any atom is -0.508 e. The summed E-state index contributed by atoms with van der Waals surface area (Å²) in [6.45, 7) is 1.17. The lowest BCUT2D eigenvalue weighted by molar-refractivity contribution is -0.142. The molecule has 2 amide bonds. The van der Waals surface area contributed by atoms with Crippen LogP contribution in [0.1, 0.15) is 52.9 Å². The topological polar surface area (TPSA) is 91.8 Å². The fourth-order valence-corrected chi connectivity index (χ4v) is 4.60. The van der Waals surface area contributed by atoms with Crippen LogP contribution in [-0.2, 0) is 17.1 Å². The highest BCUT2D eigenvalue weighted by atomic mass is 19.4. The van der Waals surface area contributed by atoms with Gasteiger partial charge in [0, 0.05) is 18.9 Å². The number of likely N-dealkylation sites (tertiary alicyclic amines) is 1. The molecule has 1 aliphatic rings. The molecule has 7 nitrogen and oxygen atoms in total. The zero-order valence-electron chi connectivity index (χ0n) is 21.6. The van der Waals surface area contributed by atoms with Gasteiger partial charge >= 0.3 is 12.4 Å². The van der Waals surface area contributed by atoms with Gasteiger partial charge in [-0.1, -0.05) is 12.1 Å². The molecule has 4 rings (SSSR count). The van der Waals surface area contributed by atoms with Crippen LogP contribution in [0.25, 0.3) is 0 Å². The first-order valence-corrected chi connectivity index (χ1v) is 12.5. The highest BCUT2D eigenvalue weighted by molar-refractivity contribution is 5.96. The van der Waals surface area contributed by atoms with E-state index in [-0.39, 0.29) is 30.9 Å². The summed E-state index contributed by atoms with van der Waals surface area (Å²) in [4.78, 5) is 31.7. The van der Waals surface area contributed by atoms with Gasteiger partial charge in [-0.05, 0) is 67.8 Å². The molecule has 2 aromatic carbocycles. The fraction of sp³-hybridized carbons (Fsp3) is 0.321. The van der Waals surface area contributed by atoms with Crippen LogP contribution in [0.5, 0.6) is 11.5 Å². The largest absolute Gasteiger partial charge is 0.508 e. The first-order chi connectivity index (χ1) is 19.2. The summed E-state index contributed by atoms with van der Waals surface area (Å²) in [5.74, 6) is -1.84. The number of hydrogen-bond donors (Lipinski definition) is 2. The number of nitrogens with zero attached hydrogens (tertiary/aromatic N) is 2. The summed E-state index contributed by atoms with van der Waals surface area (Å²) in [6, 6.07) is 9.64. The van der Waals surface area contributed by atoms with E-state index in [2.05, 4.69) is 10.3 Å². The minimum atomic E-state index is -4.84. The Kier molecular flexibility index (Phi) is 8.18. The maximum atomic E-state index is 13.7. The second-order valence-electron chi connectivity index (χ2n) is 9.65. The Bertz CT molecular complexity index is 1390. The average Bonchev–Trinajstić information content (AvgIpc) is 2.92. The van der Waals surface area contributed by atoms with E-state index in [1.54, 1.807) is 19.1 Å². The van der Waals surface area contributed by atoms with Gasteiger partial charge in [0.2, 0.25) is 5.60 Å². The SMILES string of the molecule is C[C@@H](NC(=O)C1(Oc2ccc(C(F)(F)F)cc2)CCCN(C(=O)c2cnccc2C(F)(F)F)C1)c1ccc(O)cc1. The molecule has 218 valence electrons. The number of ether oxygens (including phenoxy) is 1. The van der Waals surface area contributed by atoms with Gasteiger partial charge in [0.05, 0.1) is 29.3 Å². The number of pyridine rings is 1. The first kappa shape index (κ1) is 29.7. The number of nitrogens with one attached hydrogen (secondary N) is 1. The van der Waals surface area contributed by atoms with E-state index in [0.717, 1.165) is 41.6 Å². The first-order valence-electron chi connectivity index (χ1n) is 12.5. The molecule has 1 fully saturated rings. The molecule has 2 N–H and O–H groups in total. The molecule has 3 aromatic rings.